The average molecular weight is 431 g/mol. The molecule has 13 nitrogen and oxygen atoms in total. The maximum Gasteiger partial charge on any atom is 0.233 e. The highest BCUT2D eigenvalue weighted by Gasteiger charge is 2.09. The molecule has 0 fully saturated rings. The van der Waals surface area contributed by atoms with Crippen molar-refractivity contribution in [1.82, 2.24) is 34.5 Å². The lowest BCUT2D eigenvalue weighted by atomic mass is 10.2. The molecule has 0 saturated heterocycles. The van der Waals surface area contributed by atoms with E-state index in [1.165, 1.54) is 0 Å². The molecule has 3 aromatic heterocycles. The van der Waals surface area contributed by atoms with E-state index in [-0.39, 0.29) is 29.7 Å². The Morgan fingerprint density at radius 2 is 1.41 bits per heavy atom. The molecule has 162 valence electrons. The van der Waals surface area contributed by atoms with Crippen LogP contribution in [0.3, 0.4) is 0 Å². The van der Waals surface area contributed by atoms with Gasteiger partial charge < -0.3 is 32.8 Å². The number of nitrogens with one attached hydrogen (secondary N) is 1. The highest BCUT2D eigenvalue weighted by molar-refractivity contribution is 5.82. The van der Waals surface area contributed by atoms with Crippen molar-refractivity contribution in [3.05, 3.63) is 53.5 Å². The second kappa shape index (κ2) is 8.51. The number of rotatable bonds is 6. The van der Waals surface area contributed by atoms with Gasteiger partial charge >= 0.3 is 0 Å². The van der Waals surface area contributed by atoms with Crippen LogP contribution in [-0.4, -0.2) is 40.7 Å². The molecule has 0 spiro atoms. The lowest BCUT2D eigenvalue weighted by molar-refractivity contribution is 0.821. The fraction of sp³-hybridized carbons (Fsp3) is 0.105. The summed E-state index contributed by atoms with van der Waals surface area (Å²) in [4.78, 5) is 28.3. The van der Waals surface area contributed by atoms with Crippen LogP contribution in [0, 0.1) is 0 Å². The molecule has 0 saturated carbocycles. The first-order chi connectivity index (χ1) is 15.4. The summed E-state index contributed by atoms with van der Waals surface area (Å²) in [6, 6.07) is 11.4. The van der Waals surface area contributed by atoms with Gasteiger partial charge in [0, 0.05) is 31.1 Å². The average Bonchev–Trinajstić information content (AvgIpc) is 3.05. The van der Waals surface area contributed by atoms with Crippen LogP contribution in [0.15, 0.2) is 41.4 Å². The van der Waals surface area contributed by atoms with Gasteiger partial charge in [0.1, 0.15) is 11.6 Å². The molecule has 1 aromatic carbocycles. The number of nitrogens with two attached hydrogens (primary N) is 4. The van der Waals surface area contributed by atoms with Gasteiger partial charge in [-0.1, -0.05) is 12.1 Å². The Hall–Kier alpha value is -4.81. The van der Waals surface area contributed by atoms with Gasteiger partial charge in [-0.2, -0.15) is 29.9 Å². The quantitative estimate of drug-likeness (QED) is 0.269. The molecular formula is C19H21N13. The zero-order valence-corrected chi connectivity index (χ0v) is 17.1. The van der Waals surface area contributed by atoms with Crippen molar-refractivity contribution in [2.24, 2.45) is 12.0 Å². The van der Waals surface area contributed by atoms with Gasteiger partial charge in [0.2, 0.25) is 29.7 Å². The minimum Gasteiger partial charge on any atom is -0.368 e. The molecule has 0 bridgehead atoms. The molecule has 32 heavy (non-hydrogen) atoms. The standard InChI is InChI=1S/C19H21N13/c1-32-12(8-13-26-15(20)28-16(21)27-13)6-7-14(32)24-9-10-2-4-11(5-3-10)25-19-30-17(22)29-18(23)31-19/h2-7,9H,8H2,1H3,(H4,20,21,26,27,28)(H5,22,23,25,29,30,31). The second-order valence-electron chi connectivity index (χ2n) is 6.77. The Morgan fingerprint density at radius 3 is 2.03 bits per heavy atom. The van der Waals surface area contributed by atoms with E-state index in [4.69, 9.17) is 22.9 Å². The molecule has 4 rings (SSSR count). The molecule has 0 atom stereocenters. The lowest BCUT2D eigenvalue weighted by Gasteiger charge is -2.06. The van der Waals surface area contributed by atoms with E-state index in [1.54, 1.807) is 6.21 Å². The van der Waals surface area contributed by atoms with Crippen molar-refractivity contribution in [2.45, 2.75) is 6.42 Å². The number of nitrogens with zero attached hydrogens (tertiary/aromatic N) is 8. The van der Waals surface area contributed by atoms with Gasteiger partial charge in [0.15, 0.2) is 0 Å². The highest BCUT2D eigenvalue weighted by Crippen LogP contribution is 2.19. The molecular weight excluding hydrogens is 410 g/mol. The summed E-state index contributed by atoms with van der Waals surface area (Å²) < 4.78 is 1.94. The van der Waals surface area contributed by atoms with Gasteiger partial charge in [-0.15, -0.1) is 0 Å². The summed E-state index contributed by atoms with van der Waals surface area (Å²) in [5.41, 5.74) is 25.1. The van der Waals surface area contributed by atoms with Crippen LogP contribution in [0.25, 0.3) is 0 Å². The zero-order valence-electron chi connectivity index (χ0n) is 17.1. The van der Waals surface area contributed by atoms with E-state index < -0.39 is 0 Å². The number of hydrogen-bond donors (Lipinski definition) is 5. The van der Waals surface area contributed by atoms with E-state index in [0.29, 0.717) is 12.2 Å². The summed E-state index contributed by atoms with van der Waals surface area (Å²) in [5.74, 6) is 1.83. The van der Waals surface area contributed by atoms with Gasteiger partial charge in [-0.05, 0) is 29.8 Å². The molecule has 0 unspecified atom stereocenters. The van der Waals surface area contributed by atoms with E-state index in [0.717, 1.165) is 22.8 Å². The Labute approximate surface area is 182 Å². The SMILES string of the molecule is Cn1c(Cc2nc(N)nc(N)n2)ccc1N=Cc1ccc(Nc2nc(N)nc(N)n2)cc1. The Balaban J connectivity index is 1.44. The molecule has 0 amide bonds. The maximum atomic E-state index is 5.64. The topological polar surface area (TPSA) is 211 Å². The summed E-state index contributed by atoms with van der Waals surface area (Å²) in [7, 11) is 1.91. The van der Waals surface area contributed by atoms with Gasteiger partial charge in [0.05, 0.1) is 0 Å². The fourth-order valence-corrected chi connectivity index (χ4v) is 2.93. The van der Waals surface area contributed by atoms with Gasteiger partial charge in [-0.25, -0.2) is 4.99 Å². The van der Waals surface area contributed by atoms with Crippen LogP contribution in [0.5, 0.6) is 0 Å². The predicted octanol–water partition coefficient (Wildman–Crippen LogP) is 0.809. The fourth-order valence-electron chi connectivity index (χ4n) is 2.93. The van der Waals surface area contributed by atoms with E-state index in [2.05, 4.69) is 40.2 Å². The normalized spacial score (nSPS) is 11.2. The molecule has 0 aliphatic carbocycles. The van der Waals surface area contributed by atoms with E-state index in [9.17, 15) is 0 Å². The number of benzene rings is 1. The minimum atomic E-state index is 0.0492. The van der Waals surface area contributed by atoms with Crippen molar-refractivity contribution in [3.63, 3.8) is 0 Å². The summed E-state index contributed by atoms with van der Waals surface area (Å²) >= 11 is 0. The van der Waals surface area contributed by atoms with Crippen molar-refractivity contribution >= 4 is 47.5 Å². The molecule has 3 heterocycles. The van der Waals surface area contributed by atoms with Crippen LogP contribution < -0.4 is 28.3 Å². The second-order valence-corrected chi connectivity index (χ2v) is 6.77. The van der Waals surface area contributed by atoms with Crippen LogP contribution >= 0.6 is 0 Å². The largest absolute Gasteiger partial charge is 0.368 e. The summed E-state index contributed by atoms with van der Waals surface area (Å²) in [6.45, 7) is 0. The number of nitrogen functional groups attached to an aromatic ring is 4. The Bertz CT molecular complexity index is 1240. The van der Waals surface area contributed by atoms with Crippen LogP contribution in [0.2, 0.25) is 0 Å². The number of anilines is 6. The minimum absolute atomic E-state index is 0.0492. The van der Waals surface area contributed by atoms with Crippen molar-refractivity contribution in [1.29, 1.82) is 0 Å². The van der Waals surface area contributed by atoms with E-state index >= 15 is 0 Å². The number of hydrogen-bond acceptors (Lipinski definition) is 12. The van der Waals surface area contributed by atoms with Gasteiger partial charge in [0.25, 0.3) is 0 Å². The van der Waals surface area contributed by atoms with Crippen molar-refractivity contribution in [3.8, 4) is 0 Å². The molecule has 4 aromatic rings. The molecule has 0 aliphatic rings. The molecule has 0 radical (unpaired) electrons. The van der Waals surface area contributed by atoms with Crippen LogP contribution in [0.1, 0.15) is 17.1 Å². The zero-order chi connectivity index (χ0) is 22.7. The van der Waals surface area contributed by atoms with Crippen molar-refractivity contribution < 1.29 is 0 Å². The maximum absolute atomic E-state index is 5.64. The van der Waals surface area contributed by atoms with Crippen molar-refractivity contribution in [2.75, 3.05) is 28.3 Å². The third-order valence-electron chi connectivity index (χ3n) is 4.44. The van der Waals surface area contributed by atoms with E-state index in [1.807, 2.05) is 48.0 Å². The van der Waals surface area contributed by atoms with Gasteiger partial charge in [-0.3, -0.25) is 0 Å². The third kappa shape index (κ3) is 4.84. The monoisotopic (exact) mass is 431 g/mol. The first-order valence-corrected chi connectivity index (χ1v) is 9.44. The predicted molar refractivity (Wildman–Crippen MR) is 123 cm³/mol. The molecule has 0 aliphatic heterocycles. The third-order valence-corrected chi connectivity index (χ3v) is 4.44. The molecule has 13 heteroatoms. The lowest BCUT2D eigenvalue weighted by Crippen LogP contribution is -2.08. The van der Waals surface area contributed by atoms with Crippen LogP contribution in [-0.2, 0) is 13.5 Å². The summed E-state index contributed by atoms with van der Waals surface area (Å²) in [6.07, 6.45) is 2.22. The Kier molecular flexibility index (Phi) is 5.44. The molecule has 9 N–H and O–H groups in total. The number of aromatic nitrogens is 7. The number of aliphatic imine (C=N–C) groups is 1. The highest BCUT2D eigenvalue weighted by atomic mass is 15.2. The first kappa shape index (κ1) is 20.5. The smallest absolute Gasteiger partial charge is 0.233 e. The Morgan fingerprint density at radius 1 is 0.812 bits per heavy atom. The first-order valence-electron chi connectivity index (χ1n) is 9.44. The van der Waals surface area contributed by atoms with Crippen LogP contribution in [0.4, 0.5) is 41.2 Å². The summed E-state index contributed by atoms with van der Waals surface area (Å²) in [5, 5.41) is 3.03.